The standard InChI is InChI=1S/C19H21F3N2O3S/c1-26-12-4-6-17(7-5-12)9-11-2-3-13(27-10-18(20,21)22)8-14(11)19(17)15(25)23-16(28)24-19/h2-3,8,12H,4-7,9-10H2,1H3,(H2,23,24,25,28). The van der Waals surface area contributed by atoms with Crippen LogP contribution in [0, 0.1) is 5.41 Å². The number of amides is 1. The van der Waals surface area contributed by atoms with E-state index in [2.05, 4.69) is 10.6 Å². The zero-order valence-corrected chi connectivity index (χ0v) is 16.1. The maximum absolute atomic E-state index is 13.1. The first-order valence-corrected chi connectivity index (χ1v) is 9.59. The average Bonchev–Trinajstić information content (AvgIpc) is 3.09. The van der Waals surface area contributed by atoms with E-state index in [9.17, 15) is 18.0 Å². The predicted molar refractivity (Wildman–Crippen MR) is 98.9 cm³/mol. The Kier molecular flexibility index (Phi) is 4.58. The maximum Gasteiger partial charge on any atom is 0.422 e. The number of halogens is 3. The lowest BCUT2D eigenvalue weighted by atomic mass is 9.61. The number of hydrogen-bond donors (Lipinski definition) is 2. The molecule has 1 saturated carbocycles. The molecular weight excluding hydrogens is 393 g/mol. The van der Waals surface area contributed by atoms with Crippen molar-refractivity contribution in [3.05, 3.63) is 29.3 Å². The van der Waals surface area contributed by atoms with Crippen molar-refractivity contribution in [1.82, 2.24) is 10.6 Å². The van der Waals surface area contributed by atoms with Crippen LogP contribution in [0.3, 0.4) is 0 Å². The normalized spacial score (nSPS) is 31.8. The number of benzene rings is 1. The summed E-state index contributed by atoms with van der Waals surface area (Å²) in [5.41, 5.74) is 0.0934. The van der Waals surface area contributed by atoms with Gasteiger partial charge in [-0.1, -0.05) is 6.07 Å². The molecule has 0 aromatic heterocycles. The lowest BCUT2D eigenvalue weighted by molar-refractivity contribution is -0.153. The largest absolute Gasteiger partial charge is 0.484 e. The van der Waals surface area contributed by atoms with Crippen molar-refractivity contribution in [3.8, 4) is 5.75 Å². The molecule has 2 spiro atoms. The Balaban J connectivity index is 1.74. The van der Waals surface area contributed by atoms with Crippen LogP contribution < -0.4 is 15.4 Å². The maximum atomic E-state index is 13.1. The molecule has 28 heavy (non-hydrogen) atoms. The number of ether oxygens (including phenoxy) is 2. The molecule has 5 nitrogen and oxygen atoms in total. The van der Waals surface area contributed by atoms with Gasteiger partial charge in [-0.05, 0) is 67.6 Å². The molecular formula is C19H21F3N2O3S. The third-order valence-corrected chi connectivity index (χ3v) is 6.51. The van der Waals surface area contributed by atoms with Crippen molar-refractivity contribution in [2.45, 2.75) is 49.9 Å². The zero-order chi connectivity index (χ0) is 20.2. The van der Waals surface area contributed by atoms with Gasteiger partial charge < -0.3 is 20.1 Å². The van der Waals surface area contributed by atoms with Crippen molar-refractivity contribution in [2.24, 2.45) is 5.41 Å². The minimum Gasteiger partial charge on any atom is -0.484 e. The Hall–Kier alpha value is -1.87. The molecule has 2 N–H and O–H groups in total. The second kappa shape index (κ2) is 6.59. The summed E-state index contributed by atoms with van der Waals surface area (Å²) in [5, 5.41) is 6.12. The highest BCUT2D eigenvalue weighted by atomic mass is 32.1. The lowest BCUT2D eigenvalue weighted by Gasteiger charge is -2.46. The summed E-state index contributed by atoms with van der Waals surface area (Å²) in [4.78, 5) is 13.1. The fourth-order valence-electron chi connectivity index (χ4n) is 5.05. The molecule has 1 unspecified atom stereocenters. The van der Waals surface area contributed by atoms with Crippen molar-refractivity contribution in [1.29, 1.82) is 0 Å². The van der Waals surface area contributed by atoms with E-state index in [1.165, 1.54) is 6.07 Å². The van der Waals surface area contributed by atoms with Gasteiger partial charge in [0.05, 0.1) is 6.10 Å². The van der Waals surface area contributed by atoms with E-state index in [4.69, 9.17) is 21.7 Å². The average molecular weight is 414 g/mol. The van der Waals surface area contributed by atoms with Gasteiger partial charge in [0.2, 0.25) is 0 Å². The number of carbonyl (C=O) groups excluding carboxylic acids is 1. The predicted octanol–water partition coefficient (Wildman–Crippen LogP) is 2.96. The smallest absolute Gasteiger partial charge is 0.422 e. The first-order valence-electron chi connectivity index (χ1n) is 9.18. The monoisotopic (exact) mass is 414 g/mol. The minimum absolute atomic E-state index is 0.0884. The Morgan fingerprint density at radius 2 is 2.00 bits per heavy atom. The van der Waals surface area contributed by atoms with E-state index in [0.717, 1.165) is 31.2 Å². The molecule has 1 aromatic rings. The summed E-state index contributed by atoms with van der Waals surface area (Å²) in [6.07, 6.45) is -0.503. The van der Waals surface area contributed by atoms with Gasteiger partial charge in [0.15, 0.2) is 17.3 Å². The number of methoxy groups -OCH3 is 1. The molecule has 2 aliphatic carbocycles. The molecule has 1 atom stereocenters. The van der Waals surface area contributed by atoms with E-state index in [1.807, 2.05) is 0 Å². The van der Waals surface area contributed by atoms with Crippen LogP contribution in [-0.2, 0) is 21.5 Å². The highest BCUT2D eigenvalue weighted by Crippen LogP contribution is 2.59. The first-order chi connectivity index (χ1) is 13.2. The molecule has 1 heterocycles. The van der Waals surface area contributed by atoms with Crippen LogP contribution >= 0.6 is 12.2 Å². The summed E-state index contributed by atoms with van der Waals surface area (Å²) in [6, 6.07) is 4.85. The fraction of sp³-hybridized carbons (Fsp3) is 0.579. The third-order valence-electron chi connectivity index (χ3n) is 6.30. The summed E-state index contributed by atoms with van der Waals surface area (Å²) < 4.78 is 48.1. The van der Waals surface area contributed by atoms with E-state index >= 15 is 0 Å². The molecule has 1 aromatic carbocycles. The Morgan fingerprint density at radius 1 is 1.29 bits per heavy atom. The molecule has 2 fully saturated rings. The van der Waals surface area contributed by atoms with Crippen LogP contribution in [0.4, 0.5) is 13.2 Å². The number of rotatable bonds is 3. The minimum atomic E-state index is -4.43. The molecule has 1 amide bonds. The van der Waals surface area contributed by atoms with E-state index in [-0.39, 0.29) is 22.9 Å². The van der Waals surface area contributed by atoms with Gasteiger partial charge in [0.25, 0.3) is 5.91 Å². The summed E-state index contributed by atoms with van der Waals surface area (Å²) in [6.45, 7) is -1.38. The van der Waals surface area contributed by atoms with Gasteiger partial charge in [-0.15, -0.1) is 0 Å². The fourth-order valence-corrected chi connectivity index (χ4v) is 5.29. The van der Waals surface area contributed by atoms with Crippen LogP contribution in [0.5, 0.6) is 5.75 Å². The number of hydrogen-bond acceptors (Lipinski definition) is 4. The number of alkyl halides is 3. The van der Waals surface area contributed by atoms with Crippen molar-refractivity contribution >= 4 is 23.2 Å². The van der Waals surface area contributed by atoms with Gasteiger partial charge in [0, 0.05) is 12.5 Å². The molecule has 1 aliphatic heterocycles. The van der Waals surface area contributed by atoms with E-state index in [1.54, 1.807) is 19.2 Å². The Labute approximate surface area is 166 Å². The molecule has 9 heteroatoms. The summed E-state index contributed by atoms with van der Waals surface area (Å²) >= 11 is 5.22. The second-order valence-electron chi connectivity index (χ2n) is 7.77. The summed E-state index contributed by atoms with van der Waals surface area (Å²) in [7, 11) is 1.68. The van der Waals surface area contributed by atoms with E-state index < -0.39 is 23.7 Å². The summed E-state index contributed by atoms with van der Waals surface area (Å²) in [5.74, 6) is -0.161. The quantitative estimate of drug-likeness (QED) is 0.745. The van der Waals surface area contributed by atoms with Gasteiger partial charge in [-0.25, -0.2) is 0 Å². The second-order valence-corrected chi connectivity index (χ2v) is 8.18. The SMILES string of the molecule is COC1CCC2(CC1)Cc1ccc(OCC(F)(F)F)cc1C21NC(=S)NC1=O. The molecule has 3 aliphatic rings. The van der Waals surface area contributed by atoms with Crippen molar-refractivity contribution in [3.63, 3.8) is 0 Å². The van der Waals surface area contributed by atoms with Gasteiger partial charge in [0.1, 0.15) is 5.75 Å². The molecule has 0 radical (unpaired) electrons. The van der Waals surface area contributed by atoms with Gasteiger partial charge >= 0.3 is 6.18 Å². The van der Waals surface area contributed by atoms with Crippen LogP contribution in [0.15, 0.2) is 18.2 Å². The highest BCUT2D eigenvalue weighted by Gasteiger charge is 2.65. The molecule has 1 saturated heterocycles. The number of nitrogens with one attached hydrogen (secondary N) is 2. The van der Waals surface area contributed by atoms with Gasteiger partial charge in [-0.3, -0.25) is 4.79 Å². The van der Waals surface area contributed by atoms with Crippen molar-refractivity contribution in [2.75, 3.05) is 13.7 Å². The number of fused-ring (bicyclic) bond motifs is 3. The topological polar surface area (TPSA) is 59.6 Å². The number of carbonyl (C=O) groups is 1. The lowest BCUT2D eigenvalue weighted by Crippen LogP contribution is -2.56. The zero-order valence-electron chi connectivity index (χ0n) is 15.3. The van der Waals surface area contributed by atoms with Crippen molar-refractivity contribution < 1.29 is 27.4 Å². The first kappa shape index (κ1) is 19.4. The van der Waals surface area contributed by atoms with Gasteiger partial charge in [-0.2, -0.15) is 13.2 Å². The van der Waals surface area contributed by atoms with Crippen LogP contribution in [0.2, 0.25) is 0 Å². The van der Waals surface area contributed by atoms with E-state index in [0.29, 0.717) is 12.0 Å². The van der Waals surface area contributed by atoms with Crippen LogP contribution in [0.1, 0.15) is 36.8 Å². The third kappa shape index (κ3) is 2.95. The molecule has 152 valence electrons. The molecule has 0 bridgehead atoms. The van der Waals surface area contributed by atoms with Crippen LogP contribution in [-0.4, -0.2) is 37.0 Å². The molecule has 4 rings (SSSR count). The Morgan fingerprint density at radius 3 is 2.57 bits per heavy atom. The number of thiocarbonyl (C=S) groups is 1. The highest BCUT2D eigenvalue weighted by molar-refractivity contribution is 7.80. The Bertz CT molecular complexity index is 821. The van der Waals surface area contributed by atoms with Crippen LogP contribution in [0.25, 0.3) is 0 Å².